The second-order valence-corrected chi connectivity index (χ2v) is 8.67. The van der Waals surface area contributed by atoms with Crippen LogP contribution in [0.3, 0.4) is 0 Å². The van der Waals surface area contributed by atoms with Crippen molar-refractivity contribution in [2.45, 2.75) is 38.1 Å². The molecule has 0 spiro atoms. The molecule has 9 heteroatoms. The molecule has 8 nitrogen and oxygen atoms in total. The van der Waals surface area contributed by atoms with Crippen molar-refractivity contribution in [1.29, 1.82) is 0 Å². The van der Waals surface area contributed by atoms with Gasteiger partial charge in [-0.3, -0.25) is 9.48 Å². The first kappa shape index (κ1) is 16.0. The zero-order chi connectivity index (χ0) is 16.7. The van der Waals surface area contributed by atoms with E-state index < -0.39 is 10.2 Å². The minimum atomic E-state index is -3.34. The number of rotatable bonds is 4. The van der Waals surface area contributed by atoms with Gasteiger partial charge in [0.05, 0.1) is 17.9 Å². The van der Waals surface area contributed by atoms with Gasteiger partial charge in [0, 0.05) is 45.3 Å². The number of anilines is 1. The lowest BCUT2D eigenvalue weighted by molar-refractivity contribution is -0.117. The maximum atomic E-state index is 12.6. The molecule has 3 fully saturated rings. The van der Waals surface area contributed by atoms with Gasteiger partial charge in [-0.05, 0) is 25.7 Å². The first-order valence-electron chi connectivity index (χ1n) is 8.65. The molecule has 0 aliphatic carbocycles. The lowest BCUT2D eigenvalue weighted by atomic mass is 10.3. The van der Waals surface area contributed by atoms with Crippen LogP contribution in [0.25, 0.3) is 0 Å². The summed E-state index contributed by atoms with van der Waals surface area (Å²) in [5.74, 6) is 0.138. The van der Waals surface area contributed by atoms with Gasteiger partial charge < -0.3 is 4.90 Å². The minimum absolute atomic E-state index is 0.0360. The van der Waals surface area contributed by atoms with Crippen LogP contribution in [0.4, 0.5) is 5.69 Å². The summed E-state index contributed by atoms with van der Waals surface area (Å²) in [5, 5.41) is 4.38. The smallest absolute Gasteiger partial charge is 0.282 e. The lowest BCUT2D eigenvalue weighted by Crippen LogP contribution is -2.41. The highest BCUT2D eigenvalue weighted by Crippen LogP contribution is 2.28. The molecule has 0 N–H and O–H groups in total. The van der Waals surface area contributed by atoms with Crippen LogP contribution in [0.5, 0.6) is 0 Å². The molecular weight excluding hydrogens is 330 g/mol. The van der Waals surface area contributed by atoms with Gasteiger partial charge in [0.25, 0.3) is 10.2 Å². The molecule has 0 bridgehead atoms. The fourth-order valence-corrected chi connectivity index (χ4v) is 5.55. The Balaban J connectivity index is 1.45. The highest BCUT2D eigenvalue weighted by molar-refractivity contribution is 7.86. The van der Waals surface area contributed by atoms with E-state index >= 15 is 0 Å². The predicted octanol–water partition coefficient (Wildman–Crippen LogP) is 0.597. The summed E-state index contributed by atoms with van der Waals surface area (Å²) in [6.07, 6.45) is 7.71. The van der Waals surface area contributed by atoms with Gasteiger partial charge in [0.2, 0.25) is 5.91 Å². The van der Waals surface area contributed by atoms with Crippen LogP contribution in [0.15, 0.2) is 12.4 Å². The van der Waals surface area contributed by atoms with E-state index in [1.807, 2.05) is 10.9 Å². The fraction of sp³-hybridized carbons (Fsp3) is 0.733. The first-order chi connectivity index (χ1) is 11.6. The van der Waals surface area contributed by atoms with Crippen LogP contribution in [0, 0.1) is 0 Å². The van der Waals surface area contributed by atoms with Crippen LogP contribution in [0.2, 0.25) is 0 Å². The summed E-state index contributed by atoms with van der Waals surface area (Å²) in [5.41, 5.74) is 0.818. The maximum Gasteiger partial charge on any atom is 0.282 e. The Morgan fingerprint density at radius 3 is 2.54 bits per heavy atom. The average Bonchev–Trinajstić information content (AvgIpc) is 3.33. The molecule has 3 saturated heterocycles. The van der Waals surface area contributed by atoms with Gasteiger partial charge in [0.1, 0.15) is 0 Å². The van der Waals surface area contributed by atoms with E-state index in [1.165, 1.54) is 0 Å². The van der Waals surface area contributed by atoms with Crippen LogP contribution in [0.1, 0.15) is 38.1 Å². The average molecular weight is 353 g/mol. The highest BCUT2D eigenvalue weighted by Gasteiger charge is 2.37. The van der Waals surface area contributed by atoms with Crippen molar-refractivity contribution in [3.63, 3.8) is 0 Å². The van der Waals surface area contributed by atoms with Gasteiger partial charge in [-0.2, -0.15) is 22.1 Å². The van der Waals surface area contributed by atoms with Crippen molar-refractivity contribution in [3.8, 4) is 0 Å². The van der Waals surface area contributed by atoms with Gasteiger partial charge in [-0.15, -0.1) is 0 Å². The third kappa shape index (κ3) is 2.74. The van der Waals surface area contributed by atoms with E-state index in [1.54, 1.807) is 19.7 Å². The van der Waals surface area contributed by atoms with Crippen molar-refractivity contribution in [2.75, 3.05) is 37.6 Å². The summed E-state index contributed by atoms with van der Waals surface area (Å²) >= 11 is 0. The number of hydrogen-bond acceptors (Lipinski definition) is 4. The molecule has 0 aromatic carbocycles. The van der Waals surface area contributed by atoms with Crippen molar-refractivity contribution >= 4 is 21.8 Å². The summed E-state index contributed by atoms with van der Waals surface area (Å²) < 4.78 is 30.3. The quantitative estimate of drug-likeness (QED) is 0.794. The molecule has 4 heterocycles. The lowest BCUT2D eigenvalue weighted by Gasteiger charge is -2.23. The highest BCUT2D eigenvalue weighted by atomic mass is 32.2. The Morgan fingerprint density at radius 1 is 1.04 bits per heavy atom. The zero-order valence-electron chi connectivity index (χ0n) is 13.7. The minimum Gasteiger partial charge on any atom is -0.309 e. The van der Waals surface area contributed by atoms with Gasteiger partial charge in [-0.25, -0.2) is 0 Å². The molecule has 24 heavy (non-hydrogen) atoms. The molecule has 132 valence electrons. The number of aromatic nitrogens is 2. The number of carbonyl (C=O) groups is 1. The van der Waals surface area contributed by atoms with Gasteiger partial charge in [-0.1, -0.05) is 0 Å². The maximum absolute atomic E-state index is 12.6. The standard InChI is InChI=1S/C15H23N5O3S/c21-15-4-3-8-19(15)14-10-16-20(12-14)13-5-9-18(11-13)24(22,23)17-6-1-2-7-17/h10,12-13H,1-9,11H2. The Bertz CT molecular complexity index is 725. The van der Waals surface area contributed by atoms with E-state index in [0.29, 0.717) is 32.6 Å². The van der Waals surface area contributed by atoms with E-state index in [0.717, 1.165) is 37.9 Å². The predicted molar refractivity (Wildman–Crippen MR) is 88.8 cm³/mol. The molecule has 4 rings (SSSR count). The topological polar surface area (TPSA) is 78.8 Å². The third-order valence-electron chi connectivity index (χ3n) is 5.19. The second kappa shape index (κ2) is 6.12. The molecule has 3 aliphatic heterocycles. The Morgan fingerprint density at radius 2 is 1.83 bits per heavy atom. The van der Waals surface area contributed by atoms with Crippen molar-refractivity contribution in [3.05, 3.63) is 12.4 Å². The van der Waals surface area contributed by atoms with Crippen molar-refractivity contribution < 1.29 is 13.2 Å². The molecule has 1 amide bonds. The monoisotopic (exact) mass is 353 g/mol. The third-order valence-corrected chi connectivity index (χ3v) is 7.19. The van der Waals surface area contributed by atoms with Crippen molar-refractivity contribution in [2.24, 2.45) is 0 Å². The number of amides is 1. The largest absolute Gasteiger partial charge is 0.309 e. The molecule has 1 atom stereocenters. The van der Waals surface area contributed by atoms with Crippen molar-refractivity contribution in [1.82, 2.24) is 18.4 Å². The van der Waals surface area contributed by atoms with Crippen LogP contribution >= 0.6 is 0 Å². The summed E-state index contributed by atoms with van der Waals surface area (Å²) in [6.45, 7) is 2.98. The van der Waals surface area contributed by atoms with Gasteiger partial charge >= 0.3 is 0 Å². The normalized spacial score (nSPS) is 26.8. The van der Waals surface area contributed by atoms with E-state index in [2.05, 4.69) is 5.10 Å². The summed E-state index contributed by atoms with van der Waals surface area (Å²) in [4.78, 5) is 13.6. The van der Waals surface area contributed by atoms with Crippen LogP contribution in [-0.4, -0.2) is 65.4 Å². The summed E-state index contributed by atoms with van der Waals surface area (Å²) in [7, 11) is -3.34. The molecule has 1 unspecified atom stereocenters. The number of nitrogens with zero attached hydrogens (tertiary/aromatic N) is 5. The Kier molecular flexibility index (Phi) is 4.09. The Labute approximate surface area is 142 Å². The molecule has 0 radical (unpaired) electrons. The van der Waals surface area contributed by atoms with Gasteiger partial charge in [0.15, 0.2) is 0 Å². The SMILES string of the molecule is O=C1CCCN1c1cnn(C2CCN(S(=O)(=O)N3CCCC3)C2)c1. The summed E-state index contributed by atoms with van der Waals surface area (Å²) in [6, 6.07) is 0.0360. The number of carbonyl (C=O) groups excluding carboxylic acids is 1. The second-order valence-electron chi connectivity index (χ2n) is 6.74. The zero-order valence-corrected chi connectivity index (χ0v) is 14.5. The molecule has 0 saturated carbocycles. The van der Waals surface area contributed by atoms with E-state index in [-0.39, 0.29) is 11.9 Å². The van der Waals surface area contributed by atoms with Crippen LogP contribution in [-0.2, 0) is 15.0 Å². The fourth-order valence-electron chi connectivity index (χ4n) is 3.81. The molecule has 1 aromatic rings. The van der Waals surface area contributed by atoms with E-state index in [4.69, 9.17) is 0 Å². The molecular formula is C15H23N5O3S. The molecule has 1 aromatic heterocycles. The number of hydrogen-bond donors (Lipinski definition) is 0. The Hall–Kier alpha value is -1.45. The van der Waals surface area contributed by atoms with Crippen LogP contribution < -0.4 is 4.90 Å². The van der Waals surface area contributed by atoms with E-state index in [9.17, 15) is 13.2 Å². The molecule has 3 aliphatic rings. The first-order valence-corrected chi connectivity index (χ1v) is 10.0.